The van der Waals surface area contributed by atoms with Crippen LogP contribution in [0.4, 0.5) is 0 Å². The monoisotopic (exact) mass is 266 g/mol. The van der Waals surface area contributed by atoms with Gasteiger partial charge in [-0.2, -0.15) is 0 Å². The topological polar surface area (TPSA) is 26.3 Å². The lowest BCUT2D eigenvalue weighted by atomic mass is 10.2. The molecule has 0 aromatic carbocycles. The van der Waals surface area contributed by atoms with Crippen LogP contribution in [0.25, 0.3) is 0 Å². The Morgan fingerprint density at radius 1 is 1.11 bits per heavy atom. The molecule has 0 amide bonds. The molecule has 0 saturated carbocycles. The van der Waals surface area contributed by atoms with Gasteiger partial charge in [-0.25, -0.2) is 4.79 Å². The van der Waals surface area contributed by atoms with Crippen LogP contribution in [-0.4, -0.2) is 19.6 Å². The molecule has 0 aliphatic rings. The van der Waals surface area contributed by atoms with E-state index in [4.69, 9.17) is 4.74 Å². The Kier molecular flexibility index (Phi) is 5.43. The van der Waals surface area contributed by atoms with E-state index in [0.717, 1.165) is 0 Å². The summed E-state index contributed by atoms with van der Waals surface area (Å²) >= 11 is 0. The maximum absolute atomic E-state index is 11.4. The second-order valence-corrected chi connectivity index (χ2v) is 12.0. The summed E-state index contributed by atoms with van der Waals surface area (Å²) in [6.07, 6.45) is 2.99. The van der Waals surface area contributed by atoms with E-state index in [9.17, 15) is 4.79 Å². The van der Waals surface area contributed by atoms with Crippen LogP contribution >= 0.6 is 0 Å². The minimum atomic E-state index is -1.59. The smallest absolute Gasteiger partial charge is 0.331 e. The van der Waals surface area contributed by atoms with E-state index in [1.807, 2.05) is 20.8 Å². The zero-order valence-corrected chi connectivity index (χ0v) is 14.0. The van der Waals surface area contributed by atoms with Crippen LogP contribution in [0.2, 0.25) is 18.1 Å². The van der Waals surface area contributed by atoms with Crippen molar-refractivity contribution in [3.8, 4) is 11.5 Å². The summed E-state index contributed by atoms with van der Waals surface area (Å²) in [7, 11) is -1.59. The minimum Gasteiger partial charge on any atom is -0.457 e. The first-order valence-corrected chi connectivity index (χ1v) is 9.27. The minimum absolute atomic E-state index is 0.236. The lowest BCUT2D eigenvalue weighted by Gasteiger charge is -2.31. The second-order valence-electron chi connectivity index (χ2n) is 7.01. The molecule has 2 nitrogen and oxygen atoms in total. The van der Waals surface area contributed by atoms with E-state index in [1.54, 1.807) is 6.08 Å². The summed E-state index contributed by atoms with van der Waals surface area (Å²) in [6, 6.07) is 0. The SMILES string of the molecule is CC(C)(C)OC(=O)/C=C/C#C[Si](C)(C)C(C)(C)C. The highest BCUT2D eigenvalue weighted by Gasteiger charge is 2.33. The highest BCUT2D eigenvalue weighted by molar-refractivity contribution is 6.87. The number of hydrogen-bond donors (Lipinski definition) is 0. The average molecular weight is 266 g/mol. The second kappa shape index (κ2) is 5.75. The largest absolute Gasteiger partial charge is 0.457 e. The van der Waals surface area contributed by atoms with Gasteiger partial charge in [-0.1, -0.05) is 39.8 Å². The van der Waals surface area contributed by atoms with Crippen molar-refractivity contribution in [1.29, 1.82) is 0 Å². The highest BCUT2D eigenvalue weighted by atomic mass is 28.3. The fourth-order valence-corrected chi connectivity index (χ4v) is 1.67. The van der Waals surface area contributed by atoms with Crippen molar-refractivity contribution < 1.29 is 9.53 Å². The molecule has 0 bridgehead atoms. The van der Waals surface area contributed by atoms with Gasteiger partial charge >= 0.3 is 5.97 Å². The van der Waals surface area contributed by atoms with Crippen LogP contribution in [-0.2, 0) is 9.53 Å². The first-order chi connectivity index (χ1) is 7.85. The number of hydrogen-bond acceptors (Lipinski definition) is 2. The molecular formula is C15H26O2Si. The van der Waals surface area contributed by atoms with Gasteiger partial charge in [-0.15, -0.1) is 5.54 Å². The Balaban J connectivity index is 4.57. The summed E-state index contributed by atoms with van der Waals surface area (Å²) in [5, 5.41) is 0.236. The molecule has 102 valence electrons. The van der Waals surface area contributed by atoms with Gasteiger partial charge in [0.25, 0.3) is 0 Å². The molecule has 0 saturated heterocycles. The molecule has 0 aliphatic carbocycles. The van der Waals surface area contributed by atoms with E-state index in [2.05, 4.69) is 45.3 Å². The third kappa shape index (κ3) is 6.66. The Labute approximate surface area is 113 Å². The standard InChI is InChI=1S/C15H26O2Si/c1-14(2,3)17-13(16)11-9-10-12-18(7,8)15(4,5)6/h9,11H,1-8H3/b11-9+. The normalized spacial score (nSPS) is 13.1. The summed E-state index contributed by atoms with van der Waals surface area (Å²) in [5.41, 5.74) is 2.86. The number of allylic oxidation sites excluding steroid dienone is 1. The lowest BCUT2D eigenvalue weighted by Crippen LogP contribution is -2.35. The third-order valence-corrected chi connectivity index (χ3v) is 7.49. The van der Waals surface area contributed by atoms with Crippen LogP contribution in [0.5, 0.6) is 0 Å². The van der Waals surface area contributed by atoms with E-state index in [0.29, 0.717) is 0 Å². The Hall–Kier alpha value is -1.01. The molecule has 0 aromatic rings. The maximum Gasteiger partial charge on any atom is 0.331 e. The zero-order chi connectivity index (χ0) is 14.6. The first kappa shape index (κ1) is 17.0. The van der Waals surface area contributed by atoms with Gasteiger partial charge in [0.1, 0.15) is 13.7 Å². The molecule has 18 heavy (non-hydrogen) atoms. The molecular weight excluding hydrogens is 240 g/mol. The summed E-state index contributed by atoms with van der Waals surface area (Å²) in [4.78, 5) is 11.4. The number of esters is 1. The Bertz CT molecular complexity index is 381. The molecule has 0 N–H and O–H groups in total. The van der Waals surface area contributed by atoms with Crippen molar-refractivity contribution >= 4 is 14.0 Å². The number of carbonyl (C=O) groups excluding carboxylic acids is 1. The molecule has 3 heteroatoms. The molecule has 0 radical (unpaired) electrons. The fourth-order valence-electron chi connectivity index (χ4n) is 0.855. The van der Waals surface area contributed by atoms with Gasteiger partial charge in [0.05, 0.1) is 0 Å². The molecule has 0 atom stereocenters. The van der Waals surface area contributed by atoms with Crippen LogP contribution in [0.1, 0.15) is 41.5 Å². The molecule has 0 fully saturated rings. The van der Waals surface area contributed by atoms with E-state index in [-0.39, 0.29) is 11.0 Å². The van der Waals surface area contributed by atoms with Crippen molar-refractivity contribution in [1.82, 2.24) is 0 Å². The third-order valence-electron chi connectivity index (χ3n) is 2.97. The van der Waals surface area contributed by atoms with Crippen molar-refractivity contribution in [2.75, 3.05) is 0 Å². The van der Waals surface area contributed by atoms with E-state index in [1.165, 1.54) is 6.08 Å². The van der Waals surface area contributed by atoms with Crippen molar-refractivity contribution in [3.05, 3.63) is 12.2 Å². The quantitative estimate of drug-likeness (QED) is 0.311. The molecule has 0 aromatic heterocycles. The van der Waals surface area contributed by atoms with Crippen LogP contribution in [0, 0.1) is 11.5 Å². The van der Waals surface area contributed by atoms with Crippen molar-refractivity contribution in [3.63, 3.8) is 0 Å². The van der Waals surface area contributed by atoms with Crippen molar-refractivity contribution in [2.24, 2.45) is 0 Å². The fraction of sp³-hybridized carbons (Fsp3) is 0.667. The van der Waals surface area contributed by atoms with E-state index >= 15 is 0 Å². The first-order valence-electron chi connectivity index (χ1n) is 6.27. The number of ether oxygens (including phenoxy) is 1. The zero-order valence-electron chi connectivity index (χ0n) is 13.0. The molecule has 0 heterocycles. The maximum atomic E-state index is 11.4. The van der Waals surface area contributed by atoms with Gasteiger partial charge in [-0.05, 0) is 31.9 Å². The van der Waals surface area contributed by atoms with Crippen molar-refractivity contribution in [2.45, 2.75) is 65.3 Å². The van der Waals surface area contributed by atoms with E-state index < -0.39 is 13.7 Å². The molecule has 0 aliphatic heterocycles. The number of rotatable bonds is 1. The van der Waals surface area contributed by atoms with Crippen LogP contribution in [0.3, 0.4) is 0 Å². The van der Waals surface area contributed by atoms with Gasteiger partial charge in [-0.3, -0.25) is 0 Å². The van der Waals surface area contributed by atoms with Gasteiger partial charge in [0, 0.05) is 6.08 Å². The van der Waals surface area contributed by atoms with Crippen LogP contribution < -0.4 is 0 Å². The number of carbonyl (C=O) groups is 1. The molecule has 0 unspecified atom stereocenters. The van der Waals surface area contributed by atoms with Gasteiger partial charge in [0.15, 0.2) is 0 Å². The Morgan fingerprint density at radius 3 is 2.00 bits per heavy atom. The Morgan fingerprint density at radius 2 is 1.61 bits per heavy atom. The van der Waals surface area contributed by atoms with Gasteiger partial charge < -0.3 is 4.74 Å². The summed E-state index contributed by atoms with van der Waals surface area (Å²) in [6.45, 7) is 16.7. The van der Waals surface area contributed by atoms with Crippen LogP contribution in [0.15, 0.2) is 12.2 Å². The van der Waals surface area contributed by atoms with Gasteiger partial charge in [0.2, 0.25) is 0 Å². The lowest BCUT2D eigenvalue weighted by molar-refractivity contribution is -0.148. The predicted molar refractivity (Wildman–Crippen MR) is 80.0 cm³/mol. The summed E-state index contributed by atoms with van der Waals surface area (Å²) < 4.78 is 5.15. The highest BCUT2D eigenvalue weighted by Crippen LogP contribution is 2.34. The average Bonchev–Trinajstić information content (AvgIpc) is 2.07. The predicted octanol–water partition coefficient (Wildman–Crippen LogP) is 3.94. The molecule has 0 rings (SSSR count). The summed E-state index contributed by atoms with van der Waals surface area (Å²) in [5.74, 6) is 2.64. The molecule has 0 spiro atoms.